The third-order valence-corrected chi connectivity index (χ3v) is 2.40. The average molecular weight is 242 g/mol. The Labute approximate surface area is 82.8 Å². The molecule has 0 N–H and O–H groups in total. The fourth-order valence-electron chi connectivity index (χ4n) is 0.190. The summed E-state index contributed by atoms with van der Waals surface area (Å²) in [6, 6.07) is 0. The third-order valence-electron chi connectivity index (χ3n) is 0.574. The summed E-state index contributed by atoms with van der Waals surface area (Å²) < 4.78 is 0. The zero-order valence-corrected chi connectivity index (χ0v) is 8.16. The Morgan fingerprint density at radius 2 is 1.50 bits per heavy atom. The van der Waals surface area contributed by atoms with Crippen molar-refractivity contribution in [3.8, 4) is 0 Å². The summed E-state index contributed by atoms with van der Waals surface area (Å²) in [6.45, 7) is 0. The van der Waals surface area contributed by atoms with E-state index in [-0.39, 0.29) is 10.1 Å². The van der Waals surface area contributed by atoms with Gasteiger partial charge in [-0.2, -0.15) is 0 Å². The Kier molecular flexibility index (Phi) is 5.08. The van der Waals surface area contributed by atoms with Crippen molar-refractivity contribution in [2.75, 3.05) is 0 Å². The topological polar surface area (TPSA) is 17.1 Å². The standard InChI is InChI=1S/C4HCl5O/c5-1(3(7)8)2(6)4(9)10/h3H/b2-1+. The first-order valence-corrected chi connectivity index (χ1v) is 4.00. The van der Waals surface area contributed by atoms with Crippen LogP contribution in [0.1, 0.15) is 0 Å². The van der Waals surface area contributed by atoms with Gasteiger partial charge < -0.3 is 0 Å². The van der Waals surface area contributed by atoms with Crippen molar-refractivity contribution >= 4 is 63.2 Å². The van der Waals surface area contributed by atoms with E-state index in [0.29, 0.717) is 0 Å². The van der Waals surface area contributed by atoms with Gasteiger partial charge >= 0.3 is 0 Å². The second-order valence-electron chi connectivity index (χ2n) is 1.24. The van der Waals surface area contributed by atoms with E-state index in [1.165, 1.54) is 0 Å². The number of carbonyl (C=O) groups excluding carboxylic acids is 1. The van der Waals surface area contributed by atoms with E-state index in [9.17, 15) is 4.79 Å². The molecule has 0 radical (unpaired) electrons. The minimum atomic E-state index is -1.02. The average Bonchev–Trinajstić information content (AvgIpc) is 1.84. The number of carbonyl (C=O) groups is 1. The molecule has 0 heterocycles. The van der Waals surface area contributed by atoms with Gasteiger partial charge in [-0.1, -0.05) is 46.4 Å². The highest BCUT2D eigenvalue weighted by molar-refractivity contribution is 6.75. The molecule has 1 nitrogen and oxygen atoms in total. The number of rotatable bonds is 2. The van der Waals surface area contributed by atoms with Crippen molar-refractivity contribution in [3.05, 3.63) is 10.1 Å². The van der Waals surface area contributed by atoms with Crippen LogP contribution in [0.25, 0.3) is 0 Å². The summed E-state index contributed by atoms with van der Waals surface area (Å²) >= 11 is 26.0. The van der Waals surface area contributed by atoms with Crippen molar-refractivity contribution in [2.24, 2.45) is 0 Å². The summed E-state index contributed by atoms with van der Waals surface area (Å²) in [7, 11) is 0. The lowest BCUT2D eigenvalue weighted by Crippen LogP contribution is -1.94. The molecule has 0 saturated heterocycles. The molecule has 0 fully saturated rings. The largest absolute Gasteiger partial charge is 0.275 e. The third kappa shape index (κ3) is 3.31. The van der Waals surface area contributed by atoms with Crippen molar-refractivity contribution in [1.29, 1.82) is 0 Å². The van der Waals surface area contributed by atoms with Gasteiger partial charge in [-0.05, 0) is 11.6 Å². The van der Waals surface area contributed by atoms with Crippen LogP contribution in [-0.4, -0.2) is 10.1 Å². The second kappa shape index (κ2) is 4.68. The number of hydrogen-bond acceptors (Lipinski definition) is 1. The molecule has 0 aliphatic rings. The normalized spacial score (nSPS) is 13.4. The fourth-order valence-corrected chi connectivity index (χ4v) is 0.865. The minimum absolute atomic E-state index is 0.162. The molecule has 0 spiro atoms. The van der Waals surface area contributed by atoms with Crippen LogP contribution in [-0.2, 0) is 4.79 Å². The molecule has 6 heteroatoms. The van der Waals surface area contributed by atoms with Gasteiger partial charge in [0.05, 0.1) is 5.03 Å². The predicted molar refractivity (Wildman–Crippen MR) is 45.1 cm³/mol. The van der Waals surface area contributed by atoms with Gasteiger partial charge in [0.25, 0.3) is 5.24 Å². The lowest BCUT2D eigenvalue weighted by molar-refractivity contribution is -0.108. The summed E-state index contributed by atoms with van der Waals surface area (Å²) in [6.07, 6.45) is 0. The first-order chi connectivity index (χ1) is 4.46. The van der Waals surface area contributed by atoms with Gasteiger partial charge in [0.1, 0.15) is 9.87 Å². The van der Waals surface area contributed by atoms with Crippen LogP contribution < -0.4 is 0 Å². The van der Waals surface area contributed by atoms with Gasteiger partial charge in [0.15, 0.2) is 0 Å². The molecule has 0 atom stereocenters. The SMILES string of the molecule is O=C(Cl)/C(Cl)=C(\Cl)C(Cl)Cl. The van der Waals surface area contributed by atoms with Crippen molar-refractivity contribution in [2.45, 2.75) is 4.84 Å². The second-order valence-corrected chi connectivity index (χ2v) is 3.46. The number of hydrogen-bond donors (Lipinski definition) is 0. The Morgan fingerprint density at radius 3 is 1.60 bits per heavy atom. The van der Waals surface area contributed by atoms with E-state index >= 15 is 0 Å². The molecule has 0 unspecified atom stereocenters. The van der Waals surface area contributed by atoms with E-state index in [4.69, 9.17) is 58.0 Å². The Bertz CT molecular complexity index is 172. The first kappa shape index (κ1) is 10.9. The van der Waals surface area contributed by atoms with E-state index in [2.05, 4.69) is 0 Å². The zero-order valence-electron chi connectivity index (χ0n) is 4.38. The Morgan fingerprint density at radius 1 is 1.10 bits per heavy atom. The highest BCUT2D eigenvalue weighted by Crippen LogP contribution is 2.25. The first-order valence-electron chi connectivity index (χ1n) is 2.00. The highest BCUT2D eigenvalue weighted by atomic mass is 35.5. The van der Waals surface area contributed by atoms with Crippen molar-refractivity contribution < 1.29 is 4.79 Å². The van der Waals surface area contributed by atoms with E-state index in [0.717, 1.165) is 0 Å². The van der Waals surface area contributed by atoms with Gasteiger partial charge in [-0.3, -0.25) is 4.79 Å². The maximum atomic E-state index is 10.3. The lowest BCUT2D eigenvalue weighted by Gasteiger charge is -1.98. The smallest absolute Gasteiger partial charge is 0.265 e. The molecule has 0 amide bonds. The Balaban J connectivity index is 4.50. The van der Waals surface area contributed by atoms with Crippen LogP contribution >= 0.6 is 58.0 Å². The molecule has 10 heavy (non-hydrogen) atoms. The highest BCUT2D eigenvalue weighted by Gasteiger charge is 2.14. The molecule has 0 rings (SSSR count). The van der Waals surface area contributed by atoms with Crippen LogP contribution in [0.2, 0.25) is 0 Å². The van der Waals surface area contributed by atoms with E-state index < -0.39 is 10.1 Å². The van der Waals surface area contributed by atoms with Crippen LogP contribution in [0, 0.1) is 0 Å². The Hall–Kier alpha value is 0.860. The number of allylic oxidation sites excluding steroid dienone is 2. The van der Waals surface area contributed by atoms with E-state index in [1.807, 2.05) is 0 Å². The zero-order chi connectivity index (χ0) is 8.31. The van der Waals surface area contributed by atoms with Gasteiger partial charge in [0.2, 0.25) is 0 Å². The maximum absolute atomic E-state index is 10.3. The summed E-state index contributed by atoms with van der Waals surface area (Å²) in [5, 5.41) is -1.39. The lowest BCUT2D eigenvalue weighted by atomic mass is 10.5. The number of halogens is 5. The van der Waals surface area contributed by atoms with Crippen LogP contribution in [0.5, 0.6) is 0 Å². The molecule has 0 aromatic heterocycles. The van der Waals surface area contributed by atoms with Crippen molar-refractivity contribution in [3.63, 3.8) is 0 Å². The fraction of sp³-hybridized carbons (Fsp3) is 0.250. The minimum Gasteiger partial charge on any atom is -0.275 e. The number of alkyl halides is 2. The molecule has 0 aliphatic carbocycles. The monoisotopic (exact) mass is 240 g/mol. The summed E-state index contributed by atoms with van der Waals surface area (Å²) in [4.78, 5) is 9.25. The molecule has 58 valence electrons. The van der Waals surface area contributed by atoms with Crippen molar-refractivity contribution in [1.82, 2.24) is 0 Å². The molecule has 0 aromatic rings. The summed E-state index contributed by atoms with van der Waals surface area (Å²) in [5.74, 6) is 0. The quantitative estimate of drug-likeness (QED) is 0.413. The van der Waals surface area contributed by atoms with Crippen LogP contribution in [0.15, 0.2) is 10.1 Å². The molecule has 0 bridgehead atoms. The molecule has 0 aromatic carbocycles. The predicted octanol–water partition coefficient (Wildman–Crippen LogP) is 3.24. The molecule has 0 saturated carbocycles. The molecule has 0 aliphatic heterocycles. The molecular formula is C4HCl5O. The van der Waals surface area contributed by atoms with Crippen LogP contribution in [0.4, 0.5) is 0 Å². The van der Waals surface area contributed by atoms with Gasteiger partial charge in [-0.25, -0.2) is 0 Å². The van der Waals surface area contributed by atoms with E-state index in [1.54, 1.807) is 0 Å². The van der Waals surface area contributed by atoms with Gasteiger partial charge in [0, 0.05) is 0 Å². The van der Waals surface area contributed by atoms with Gasteiger partial charge in [-0.15, -0.1) is 0 Å². The van der Waals surface area contributed by atoms with Crippen LogP contribution in [0.3, 0.4) is 0 Å². The molecular weight excluding hydrogens is 241 g/mol. The summed E-state index contributed by atoms with van der Waals surface area (Å²) in [5.41, 5.74) is 0. The maximum Gasteiger partial charge on any atom is 0.265 e.